The predicted octanol–water partition coefficient (Wildman–Crippen LogP) is 3.24. The zero-order valence-electron chi connectivity index (χ0n) is 11.6. The van der Waals surface area contributed by atoms with Crippen LogP contribution in [0.2, 0.25) is 5.02 Å². The fourth-order valence-corrected chi connectivity index (χ4v) is 2.49. The molecule has 0 unspecified atom stereocenters. The van der Waals surface area contributed by atoms with Crippen molar-refractivity contribution in [3.8, 4) is 17.0 Å². The van der Waals surface area contributed by atoms with Crippen molar-refractivity contribution < 1.29 is 4.74 Å². The van der Waals surface area contributed by atoms with Gasteiger partial charge >= 0.3 is 0 Å². The molecule has 0 amide bonds. The summed E-state index contributed by atoms with van der Waals surface area (Å²) in [7, 11) is 1.54. The summed E-state index contributed by atoms with van der Waals surface area (Å²) in [5.74, 6) is 0.748. The SMILES string of the molecule is COc1ncc(-c2cccc(Cl)c2C)c2ncnc(N)c12. The van der Waals surface area contributed by atoms with Crippen LogP contribution >= 0.6 is 11.6 Å². The number of fused-ring (bicyclic) bond motifs is 1. The van der Waals surface area contributed by atoms with Crippen molar-refractivity contribution in [2.45, 2.75) is 6.92 Å². The molecular weight excluding hydrogens is 288 g/mol. The number of nitrogen functional groups attached to an aromatic ring is 1. The molecule has 0 aliphatic heterocycles. The Hall–Kier alpha value is -2.40. The summed E-state index contributed by atoms with van der Waals surface area (Å²) in [6.07, 6.45) is 3.15. The lowest BCUT2D eigenvalue weighted by Gasteiger charge is -2.12. The van der Waals surface area contributed by atoms with E-state index in [1.165, 1.54) is 6.33 Å². The number of ether oxygens (including phenoxy) is 1. The number of rotatable bonds is 2. The van der Waals surface area contributed by atoms with Crippen LogP contribution in [0.4, 0.5) is 5.82 Å². The van der Waals surface area contributed by atoms with E-state index in [0.717, 1.165) is 16.7 Å². The zero-order valence-corrected chi connectivity index (χ0v) is 12.3. The Morgan fingerprint density at radius 1 is 1.14 bits per heavy atom. The maximum absolute atomic E-state index is 6.20. The topological polar surface area (TPSA) is 73.9 Å². The molecule has 0 fully saturated rings. The first-order valence-corrected chi connectivity index (χ1v) is 6.70. The number of nitrogens with two attached hydrogens (primary N) is 1. The Bertz CT molecular complexity index is 835. The maximum atomic E-state index is 6.20. The molecule has 2 N–H and O–H groups in total. The van der Waals surface area contributed by atoms with Crippen molar-refractivity contribution in [2.24, 2.45) is 0 Å². The molecule has 0 saturated carbocycles. The molecule has 3 rings (SSSR count). The van der Waals surface area contributed by atoms with Gasteiger partial charge in [-0.2, -0.15) is 0 Å². The number of hydrogen-bond donors (Lipinski definition) is 1. The Morgan fingerprint density at radius 3 is 2.71 bits per heavy atom. The van der Waals surface area contributed by atoms with Crippen molar-refractivity contribution in [1.82, 2.24) is 15.0 Å². The average Bonchev–Trinajstić information content (AvgIpc) is 2.49. The van der Waals surface area contributed by atoms with Crippen LogP contribution in [0, 0.1) is 6.92 Å². The van der Waals surface area contributed by atoms with E-state index in [1.807, 2.05) is 25.1 Å². The van der Waals surface area contributed by atoms with Gasteiger partial charge in [0.1, 0.15) is 17.5 Å². The fourth-order valence-electron chi connectivity index (χ4n) is 2.31. The minimum atomic E-state index is 0.339. The molecule has 2 heterocycles. The van der Waals surface area contributed by atoms with Crippen molar-refractivity contribution in [3.63, 3.8) is 0 Å². The summed E-state index contributed by atoms with van der Waals surface area (Å²) in [5, 5.41) is 1.30. The van der Waals surface area contributed by atoms with E-state index in [1.54, 1.807) is 13.3 Å². The minimum absolute atomic E-state index is 0.339. The summed E-state index contributed by atoms with van der Waals surface area (Å²) < 4.78 is 5.26. The minimum Gasteiger partial charge on any atom is -0.480 e. The number of benzene rings is 1. The smallest absolute Gasteiger partial charge is 0.226 e. The molecule has 0 radical (unpaired) electrons. The molecule has 0 aliphatic carbocycles. The summed E-state index contributed by atoms with van der Waals surface area (Å²) in [5.41, 5.74) is 9.41. The number of anilines is 1. The van der Waals surface area contributed by atoms with Gasteiger partial charge in [-0.15, -0.1) is 0 Å². The van der Waals surface area contributed by atoms with Gasteiger partial charge in [0.2, 0.25) is 5.88 Å². The molecule has 2 aromatic heterocycles. The summed E-state index contributed by atoms with van der Waals surface area (Å²) >= 11 is 6.20. The Balaban J connectivity index is 2.40. The number of nitrogens with zero attached hydrogens (tertiary/aromatic N) is 3. The second-order valence-electron chi connectivity index (χ2n) is 4.58. The lowest BCUT2D eigenvalue weighted by molar-refractivity contribution is 0.403. The molecule has 5 nitrogen and oxygen atoms in total. The van der Waals surface area contributed by atoms with Gasteiger partial charge in [0.05, 0.1) is 12.6 Å². The molecule has 0 bridgehead atoms. The van der Waals surface area contributed by atoms with Gasteiger partial charge < -0.3 is 10.5 Å². The van der Waals surface area contributed by atoms with Crippen molar-refractivity contribution in [2.75, 3.05) is 12.8 Å². The van der Waals surface area contributed by atoms with Gasteiger partial charge in [-0.25, -0.2) is 15.0 Å². The maximum Gasteiger partial charge on any atom is 0.226 e. The molecule has 21 heavy (non-hydrogen) atoms. The van der Waals surface area contributed by atoms with E-state index in [2.05, 4.69) is 15.0 Å². The standard InChI is InChI=1S/C15H13ClN4O/c1-8-9(4-3-5-11(8)16)10-6-18-15(21-2)12-13(10)19-7-20-14(12)17/h3-7H,1-2H3,(H2,17,19,20). The Morgan fingerprint density at radius 2 is 1.95 bits per heavy atom. The number of aromatic nitrogens is 3. The average molecular weight is 301 g/mol. The summed E-state index contributed by atoms with van der Waals surface area (Å²) in [4.78, 5) is 12.7. The van der Waals surface area contributed by atoms with Crippen molar-refractivity contribution in [3.05, 3.63) is 41.3 Å². The third-order valence-corrected chi connectivity index (χ3v) is 3.82. The van der Waals surface area contributed by atoms with Crippen LogP contribution in [0.3, 0.4) is 0 Å². The molecule has 106 valence electrons. The summed E-state index contributed by atoms with van der Waals surface area (Å²) in [6.45, 7) is 1.96. The van der Waals surface area contributed by atoms with Crippen molar-refractivity contribution in [1.29, 1.82) is 0 Å². The van der Waals surface area contributed by atoms with Gasteiger partial charge in [0.15, 0.2) is 0 Å². The van der Waals surface area contributed by atoms with Crippen LogP contribution in [0.25, 0.3) is 22.0 Å². The van der Waals surface area contributed by atoms with Gasteiger partial charge in [-0.05, 0) is 24.1 Å². The number of pyridine rings is 1. The van der Waals surface area contributed by atoms with Crippen LogP contribution < -0.4 is 10.5 Å². The molecule has 6 heteroatoms. The predicted molar refractivity (Wildman–Crippen MR) is 83.5 cm³/mol. The number of halogens is 1. The highest BCUT2D eigenvalue weighted by Crippen LogP contribution is 2.36. The lowest BCUT2D eigenvalue weighted by Crippen LogP contribution is -2.00. The highest BCUT2D eigenvalue weighted by Gasteiger charge is 2.16. The molecule has 0 atom stereocenters. The Kier molecular flexibility index (Phi) is 3.35. The van der Waals surface area contributed by atoms with E-state index in [4.69, 9.17) is 22.1 Å². The van der Waals surface area contributed by atoms with E-state index in [9.17, 15) is 0 Å². The molecule has 0 saturated heterocycles. The van der Waals surface area contributed by atoms with Crippen LogP contribution in [-0.2, 0) is 0 Å². The van der Waals surface area contributed by atoms with E-state index in [-0.39, 0.29) is 0 Å². The highest BCUT2D eigenvalue weighted by atomic mass is 35.5. The van der Waals surface area contributed by atoms with Gasteiger partial charge in [0, 0.05) is 16.8 Å². The Labute approximate surface area is 126 Å². The molecule has 0 aliphatic rings. The first kappa shape index (κ1) is 13.6. The van der Waals surface area contributed by atoms with Crippen LogP contribution in [0.1, 0.15) is 5.56 Å². The molecule has 1 aromatic carbocycles. The van der Waals surface area contributed by atoms with Gasteiger partial charge in [0.25, 0.3) is 0 Å². The molecule has 0 spiro atoms. The highest BCUT2D eigenvalue weighted by molar-refractivity contribution is 6.31. The van der Waals surface area contributed by atoms with Crippen LogP contribution in [0.5, 0.6) is 5.88 Å². The zero-order chi connectivity index (χ0) is 15.0. The molecular formula is C15H13ClN4O. The first-order chi connectivity index (χ1) is 10.1. The monoisotopic (exact) mass is 300 g/mol. The second-order valence-corrected chi connectivity index (χ2v) is 4.98. The number of hydrogen-bond acceptors (Lipinski definition) is 5. The van der Waals surface area contributed by atoms with Crippen LogP contribution in [0.15, 0.2) is 30.7 Å². The first-order valence-electron chi connectivity index (χ1n) is 6.32. The van der Waals surface area contributed by atoms with E-state index >= 15 is 0 Å². The van der Waals surface area contributed by atoms with Crippen molar-refractivity contribution >= 4 is 28.3 Å². The normalized spacial score (nSPS) is 10.8. The largest absolute Gasteiger partial charge is 0.480 e. The fraction of sp³-hybridized carbons (Fsp3) is 0.133. The van der Waals surface area contributed by atoms with Gasteiger partial charge in [-0.1, -0.05) is 23.7 Å². The second kappa shape index (κ2) is 5.18. The number of methoxy groups -OCH3 is 1. The van der Waals surface area contributed by atoms with E-state index < -0.39 is 0 Å². The lowest BCUT2D eigenvalue weighted by atomic mass is 10.00. The summed E-state index contributed by atoms with van der Waals surface area (Å²) in [6, 6.07) is 5.72. The van der Waals surface area contributed by atoms with Crippen LogP contribution in [-0.4, -0.2) is 22.1 Å². The van der Waals surface area contributed by atoms with Gasteiger partial charge in [-0.3, -0.25) is 0 Å². The quantitative estimate of drug-likeness (QED) is 0.786. The van der Waals surface area contributed by atoms with E-state index in [0.29, 0.717) is 27.6 Å². The third-order valence-electron chi connectivity index (χ3n) is 3.41. The third kappa shape index (κ3) is 2.15. The molecule has 3 aromatic rings.